The fourth-order valence-corrected chi connectivity index (χ4v) is 2.38. The molecule has 2 heterocycles. The number of carbonyl (C=O) groups is 1. The topological polar surface area (TPSA) is 44.9 Å². The zero-order valence-electron chi connectivity index (χ0n) is 9.95. The molecule has 1 aromatic heterocycles. The minimum atomic E-state index is -0.0458. The highest BCUT2D eigenvalue weighted by Crippen LogP contribution is 2.33. The molecular formula is C14H13N2OP. The van der Waals surface area contributed by atoms with Crippen molar-refractivity contribution in [1.82, 2.24) is 4.98 Å². The van der Waals surface area contributed by atoms with Crippen LogP contribution in [0.1, 0.15) is 16.8 Å². The molecule has 1 aliphatic rings. The molecule has 0 radical (unpaired) electrons. The Bertz CT molecular complexity index is 670. The summed E-state index contributed by atoms with van der Waals surface area (Å²) in [5.41, 5.74) is 4.64. The lowest BCUT2D eigenvalue weighted by molar-refractivity contribution is -0.110. The van der Waals surface area contributed by atoms with Gasteiger partial charge in [-0.15, -0.1) is 9.24 Å². The highest BCUT2D eigenvalue weighted by Gasteiger charge is 2.23. The Hall–Kier alpha value is -1.86. The van der Waals surface area contributed by atoms with Crippen LogP contribution in [-0.2, 0) is 4.79 Å². The van der Waals surface area contributed by atoms with Crippen molar-refractivity contribution in [1.29, 1.82) is 0 Å². The lowest BCUT2D eigenvalue weighted by Crippen LogP contribution is -2.03. The van der Waals surface area contributed by atoms with Gasteiger partial charge in [0.15, 0.2) is 0 Å². The summed E-state index contributed by atoms with van der Waals surface area (Å²) in [5, 5.41) is 3.95. The number of nitrogens with one attached hydrogen (secondary N) is 2. The largest absolute Gasteiger partial charge is 0.361 e. The number of aromatic amines is 1. The number of aromatic nitrogens is 1. The number of benzene rings is 1. The minimum Gasteiger partial charge on any atom is -0.361 e. The molecule has 3 nitrogen and oxygen atoms in total. The van der Waals surface area contributed by atoms with Gasteiger partial charge >= 0.3 is 0 Å². The Morgan fingerprint density at radius 3 is 2.83 bits per heavy atom. The zero-order chi connectivity index (χ0) is 12.7. The van der Waals surface area contributed by atoms with Crippen LogP contribution < -0.4 is 10.6 Å². The third-order valence-electron chi connectivity index (χ3n) is 2.99. The van der Waals surface area contributed by atoms with Crippen LogP contribution in [0.15, 0.2) is 30.5 Å². The Kier molecular flexibility index (Phi) is 2.57. The summed E-state index contributed by atoms with van der Waals surface area (Å²) in [4.78, 5) is 15.1. The molecule has 1 unspecified atom stereocenters. The van der Waals surface area contributed by atoms with Crippen molar-refractivity contribution in [2.75, 3.05) is 5.32 Å². The van der Waals surface area contributed by atoms with Gasteiger partial charge in [-0.2, -0.15) is 0 Å². The molecule has 18 heavy (non-hydrogen) atoms. The average molecular weight is 256 g/mol. The summed E-state index contributed by atoms with van der Waals surface area (Å²) in [6.45, 7) is 2.02. The maximum atomic E-state index is 12.0. The van der Waals surface area contributed by atoms with Gasteiger partial charge in [0.1, 0.15) is 0 Å². The van der Waals surface area contributed by atoms with Crippen molar-refractivity contribution in [3.8, 4) is 0 Å². The maximum absolute atomic E-state index is 12.0. The lowest BCUT2D eigenvalue weighted by atomic mass is 10.0. The van der Waals surface area contributed by atoms with Gasteiger partial charge in [-0.1, -0.05) is 11.6 Å². The Morgan fingerprint density at radius 2 is 2.11 bits per heavy atom. The number of anilines is 1. The first kappa shape index (κ1) is 11.2. The summed E-state index contributed by atoms with van der Waals surface area (Å²) in [6, 6.07) is 7.96. The van der Waals surface area contributed by atoms with Crippen molar-refractivity contribution in [3.63, 3.8) is 0 Å². The molecule has 0 bridgehead atoms. The number of H-pyrrole nitrogens is 1. The highest BCUT2D eigenvalue weighted by molar-refractivity contribution is 7.27. The van der Waals surface area contributed by atoms with Crippen LogP contribution in [0.4, 0.5) is 5.69 Å². The first-order valence-corrected chi connectivity index (χ1v) is 6.29. The fourth-order valence-electron chi connectivity index (χ4n) is 2.11. The van der Waals surface area contributed by atoms with E-state index in [0.717, 1.165) is 27.8 Å². The van der Waals surface area contributed by atoms with Gasteiger partial charge in [-0.05, 0) is 36.5 Å². The molecule has 2 aromatic rings. The molecule has 3 rings (SSSR count). The second kappa shape index (κ2) is 4.11. The first-order valence-electron chi connectivity index (χ1n) is 5.71. The van der Waals surface area contributed by atoms with Crippen molar-refractivity contribution < 1.29 is 4.79 Å². The van der Waals surface area contributed by atoms with E-state index >= 15 is 0 Å². The number of amides is 1. The van der Waals surface area contributed by atoms with Crippen LogP contribution >= 0.6 is 9.24 Å². The number of fused-ring (bicyclic) bond motifs is 1. The zero-order valence-corrected chi connectivity index (χ0v) is 11.1. The summed E-state index contributed by atoms with van der Waals surface area (Å²) < 4.78 is 0. The number of hydrogen-bond donors (Lipinski definition) is 2. The quantitative estimate of drug-likeness (QED) is 0.597. The van der Waals surface area contributed by atoms with Crippen molar-refractivity contribution in [3.05, 3.63) is 47.3 Å². The third kappa shape index (κ3) is 1.87. The molecule has 1 atom stereocenters. The number of rotatable bonds is 1. The van der Waals surface area contributed by atoms with Crippen molar-refractivity contribution >= 4 is 37.8 Å². The lowest BCUT2D eigenvalue weighted by Gasteiger charge is -1.99. The molecule has 1 amide bonds. The molecule has 4 heteroatoms. The van der Waals surface area contributed by atoms with Crippen LogP contribution in [-0.4, -0.2) is 10.9 Å². The van der Waals surface area contributed by atoms with E-state index in [4.69, 9.17) is 0 Å². The smallest absolute Gasteiger partial charge is 0.256 e. The highest BCUT2D eigenvalue weighted by atomic mass is 31.0. The predicted molar refractivity (Wildman–Crippen MR) is 77.8 cm³/mol. The second-order valence-corrected chi connectivity index (χ2v) is 5.12. The fraction of sp³-hybridized carbons (Fsp3) is 0.0714. The van der Waals surface area contributed by atoms with Gasteiger partial charge in [0.2, 0.25) is 0 Å². The molecule has 0 aliphatic carbocycles. The van der Waals surface area contributed by atoms with Crippen LogP contribution in [0.3, 0.4) is 0 Å². The Balaban J connectivity index is 2.11. The SMILES string of the molecule is Cc1ccc2c(c1)/C(=C/c1cc(P)c[nH]1)C(=O)N2. The summed E-state index contributed by atoms with van der Waals surface area (Å²) >= 11 is 0. The van der Waals surface area contributed by atoms with E-state index < -0.39 is 0 Å². The summed E-state index contributed by atoms with van der Waals surface area (Å²) in [6.07, 6.45) is 3.77. The molecule has 0 spiro atoms. The van der Waals surface area contributed by atoms with Crippen LogP contribution in [0.2, 0.25) is 0 Å². The molecule has 2 N–H and O–H groups in total. The molecule has 0 saturated carbocycles. The molecule has 1 aliphatic heterocycles. The third-order valence-corrected chi connectivity index (χ3v) is 3.32. The standard InChI is InChI=1S/C14H13N2OP/c1-8-2-3-13-11(4-8)12(14(17)16-13)6-9-5-10(18)7-15-9/h2-7,15H,18H2,1H3,(H,16,17)/b12-6-. The van der Waals surface area contributed by atoms with Crippen LogP contribution in [0.5, 0.6) is 0 Å². The van der Waals surface area contributed by atoms with E-state index in [-0.39, 0.29) is 5.91 Å². The summed E-state index contributed by atoms with van der Waals surface area (Å²) in [5.74, 6) is -0.0458. The van der Waals surface area contributed by atoms with Gasteiger partial charge in [-0.3, -0.25) is 4.79 Å². The first-order chi connectivity index (χ1) is 8.63. The van der Waals surface area contributed by atoms with Crippen LogP contribution in [0, 0.1) is 6.92 Å². The van der Waals surface area contributed by atoms with Gasteiger partial charge in [-0.25, -0.2) is 0 Å². The number of carbonyl (C=O) groups excluding carboxylic acids is 1. The molecule has 0 saturated heterocycles. The molecular weight excluding hydrogens is 243 g/mol. The Labute approximate surface area is 108 Å². The van der Waals surface area contributed by atoms with E-state index in [1.807, 2.05) is 43.5 Å². The van der Waals surface area contributed by atoms with E-state index in [1.54, 1.807) is 0 Å². The van der Waals surface area contributed by atoms with Gasteiger partial charge in [0.25, 0.3) is 5.91 Å². The monoisotopic (exact) mass is 256 g/mol. The van der Waals surface area contributed by atoms with Crippen LogP contribution in [0.25, 0.3) is 11.6 Å². The van der Waals surface area contributed by atoms with Gasteiger partial charge in [0.05, 0.1) is 5.57 Å². The molecule has 90 valence electrons. The van der Waals surface area contributed by atoms with E-state index in [0.29, 0.717) is 5.57 Å². The average Bonchev–Trinajstić information content (AvgIpc) is 2.86. The summed E-state index contributed by atoms with van der Waals surface area (Å²) in [7, 11) is 2.62. The van der Waals surface area contributed by atoms with E-state index in [9.17, 15) is 4.79 Å². The second-order valence-electron chi connectivity index (χ2n) is 4.45. The maximum Gasteiger partial charge on any atom is 0.256 e. The molecule has 1 aromatic carbocycles. The van der Waals surface area contributed by atoms with Crippen molar-refractivity contribution in [2.45, 2.75) is 6.92 Å². The normalized spacial score (nSPS) is 15.9. The molecule has 0 fully saturated rings. The number of aryl methyl sites for hydroxylation is 1. The van der Waals surface area contributed by atoms with Gasteiger partial charge in [0, 0.05) is 23.1 Å². The number of hydrogen-bond acceptors (Lipinski definition) is 1. The predicted octanol–water partition coefficient (Wildman–Crippen LogP) is 2.32. The van der Waals surface area contributed by atoms with Crippen molar-refractivity contribution in [2.24, 2.45) is 0 Å². The minimum absolute atomic E-state index is 0.0458. The van der Waals surface area contributed by atoms with Gasteiger partial charge < -0.3 is 10.3 Å². The van der Waals surface area contributed by atoms with E-state index in [2.05, 4.69) is 19.5 Å². The Morgan fingerprint density at radius 1 is 1.28 bits per heavy atom. The van der Waals surface area contributed by atoms with E-state index in [1.165, 1.54) is 0 Å².